The fourth-order valence-electron chi connectivity index (χ4n) is 3.18. The Bertz CT molecular complexity index is 184. The maximum atomic E-state index is 8.88. The number of nitrogens with zero attached hydrogens (tertiary/aromatic N) is 1. The first-order valence-corrected chi connectivity index (χ1v) is 7.64. The van der Waals surface area contributed by atoms with Crippen molar-refractivity contribution in [3.63, 3.8) is 0 Å². The van der Waals surface area contributed by atoms with Crippen LogP contribution in [0.25, 0.3) is 0 Å². The summed E-state index contributed by atoms with van der Waals surface area (Å²) in [5.41, 5.74) is 0. The molecule has 1 rings (SSSR count). The van der Waals surface area contributed by atoms with Crippen molar-refractivity contribution in [1.29, 1.82) is 0 Å². The van der Waals surface area contributed by atoms with Gasteiger partial charge in [-0.1, -0.05) is 39.5 Å². The van der Waals surface area contributed by atoms with E-state index in [1.807, 2.05) is 0 Å². The average molecular weight is 241 g/mol. The normalized spacial score (nSPS) is 26.8. The zero-order valence-electron chi connectivity index (χ0n) is 11.8. The van der Waals surface area contributed by atoms with Crippen LogP contribution in [0.15, 0.2) is 0 Å². The molecule has 102 valence electrons. The Morgan fingerprint density at radius 2 is 1.76 bits per heavy atom. The van der Waals surface area contributed by atoms with Crippen LogP contribution < -0.4 is 0 Å². The molecule has 1 aliphatic carbocycles. The third-order valence-electron chi connectivity index (χ3n) is 4.29. The first-order valence-electron chi connectivity index (χ1n) is 7.64. The van der Waals surface area contributed by atoms with Gasteiger partial charge in [0.05, 0.1) is 0 Å². The maximum Gasteiger partial charge on any atom is 0.0431 e. The van der Waals surface area contributed by atoms with Crippen molar-refractivity contribution in [2.75, 3.05) is 19.7 Å². The molecule has 2 nitrogen and oxygen atoms in total. The predicted octanol–water partition coefficient (Wildman–Crippen LogP) is 3.44. The van der Waals surface area contributed by atoms with Gasteiger partial charge in [0, 0.05) is 12.6 Å². The van der Waals surface area contributed by atoms with Crippen molar-refractivity contribution >= 4 is 0 Å². The Morgan fingerprint density at radius 3 is 2.41 bits per heavy atom. The third kappa shape index (κ3) is 5.39. The molecule has 1 fully saturated rings. The molecule has 0 bridgehead atoms. The van der Waals surface area contributed by atoms with Crippen LogP contribution in [0.3, 0.4) is 0 Å². The van der Waals surface area contributed by atoms with E-state index < -0.39 is 0 Å². The summed E-state index contributed by atoms with van der Waals surface area (Å²) in [6.45, 7) is 7.40. The number of aliphatic hydroxyl groups excluding tert-OH is 1. The molecule has 17 heavy (non-hydrogen) atoms. The molecule has 0 aromatic rings. The molecule has 0 amide bonds. The molecule has 0 heterocycles. The van der Waals surface area contributed by atoms with Crippen LogP contribution in [0.4, 0.5) is 0 Å². The summed E-state index contributed by atoms with van der Waals surface area (Å²) < 4.78 is 0. The fraction of sp³-hybridized carbons (Fsp3) is 1.00. The highest BCUT2D eigenvalue weighted by atomic mass is 16.2. The second-order valence-corrected chi connectivity index (χ2v) is 5.60. The standard InChI is InChI=1S/C15H31NO/c1-3-16(12-8-9-13-17)15-11-7-5-4-6-10-14(15)2/h14-15,17H,3-13H2,1-2H3. The Balaban J connectivity index is 2.44. The number of unbranched alkanes of at least 4 members (excludes halogenated alkanes) is 1. The van der Waals surface area contributed by atoms with Crippen molar-refractivity contribution in [1.82, 2.24) is 4.90 Å². The van der Waals surface area contributed by atoms with Crippen LogP contribution in [-0.2, 0) is 0 Å². The van der Waals surface area contributed by atoms with Crippen molar-refractivity contribution in [2.24, 2.45) is 5.92 Å². The van der Waals surface area contributed by atoms with Crippen LogP contribution in [0.1, 0.15) is 65.2 Å². The summed E-state index contributed by atoms with van der Waals surface area (Å²) in [6.07, 6.45) is 10.6. The van der Waals surface area contributed by atoms with Gasteiger partial charge in [0.2, 0.25) is 0 Å². The fourth-order valence-corrected chi connectivity index (χ4v) is 3.18. The topological polar surface area (TPSA) is 23.5 Å². The van der Waals surface area contributed by atoms with Gasteiger partial charge in [-0.2, -0.15) is 0 Å². The van der Waals surface area contributed by atoms with Gasteiger partial charge in [-0.05, 0) is 44.7 Å². The zero-order chi connectivity index (χ0) is 12.5. The minimum atomic E-state index is 0.345. The van der Waals surface area contributed by atoms with Crippen LogP contribution >= 0.6 is 0 Å². The number of rotatable bonds is 6. The van der Waals surface area contributed by atoms with E-state index in [-0.39, 0.29) is 0 Å². The summed E-state index contributed by atoms with van der Waals surface area (Å²) in [4.78, 5) is 2.66. The van der Waals surface area contributed by atoms with E-state index >= 15 is 0 Å². The Morgan fingerprint density at radius 1 is 1.06 bits per heavy atom. The van der Waals surface area contributed by atoms with Gasteiger partial charge in [0.15, 0.2) is 0 Å². The van der Waals surface area contributed by atoms with Gasteiger partial charge in [0.25, 0.3) is 0 Å². The largest absolute Gasteiger partial charge is 0.396 e. The lowest BCUT2D eigenvalue weighted by molar-refractivity contribution is 0.125. The van der Waals surface area contributed by atoms with Crippen LogP contribution in [-0.4, -0.2) is 35.7 Å². The molecule has 1 saturated carbocycles. The van der Waals surface area contributed by atoms with Gasteiger partial charge in [-0.25, -0.2) is 0 Å². The third-order valence-corrected chi connectivity index (χ3v) is 4.29. The Kier molecular flexibility index (Phi) is 7.87. The highest BCUT2D eigenvalue weighted by Gasteiger charge is 2.23. The average Bonchev–Trinajstić information content (AvgIpc) is 2.32. The molecule has 0 aromatic heterocycles. The Labute approximate surface area is 107 Å². The van der Waals surface area contributed by atoms with E-state index in [0.717, 1.165) is 24.8 Å². The molecule has 0 radical (unpaired) electrons. The molecule has 1 aliphatic rings. The molecule has 0 aliphatic heterocycles. The minimum Gasteiger partial charge on any atom is -0.396 e. The number of aliphatic hydroxyl groups is 1. The van der Waals surface area contributed by atoms with Crippen molar-refractivity contribution in [3.05, 3.63) is 0 Å². The maximum absolute atomic E-state index is 8.88. The molecule has 0 aromatic carbocycles. The smallest absolute Gasteiger partial charge is 0.0431 e. The number of hydrogen-bond acceptors (Lipinski definition) is 2. The van der Waals surface area contributed by atoms with Crippen LogP contribution in [0.5, 0.6) is 0 Å². The lowest BCUT2D eigenvalue weighted by Crippen LogP contribution is -2.40. The van der Waals surface area contributed by atoms with Gasteiger partial charge in [-0.3, -0.25) is 0 Å². The first-order chi connectivity index (χ1) is 8.29. The summed E-state index contributed by atoms with van der Waals surface area (Å²) in [5.74, 6) is 0.851. The quantitative estimate of drug-likeness (QED) is 0.720. The summed E-state index contributed by atoms with van der Waals surface area (Å²) in [6, 6.07) is 0.791. The SMILES string of the molecule is CCN(CCCCO)C1CCCCCCC1C. The molecule has 1 N–H and O–H groups in total. The summed E-state index contributed by atoms with van der Waals surface area (Å²) in [5, 5.41) is 8.88. The Hall–Kier alpha value is -0.0800. The second kappa shape index (κ2) is 8.93. The second-order valence-electron chi connectivity index (χ2n) is 5.60. The highest BCUT2D eigenvalue weighted by Crippen LogP contribution is 2.26. The van der Waals surface area contributed by atoms with E-state index in [1.165, 1.54) is 51.6 Å². The monoisotopic (exact) mass is 241 g/mol. The van der Waals surface area contributed by atoms with E-state index in [2.05, 4.69) is 18.7 Å². The van der Waals surface area contributed by atoms with E-state index in [4.69, 9.17) is 5.11 Å². The molecular weight excluding hydrogens is 210 g/mol. The van der Waals surface area contributed by atoms with Gasteiger partial charge in [-0.15, -0.1) is 0 Å². The molecule has 0 saturated heterocycles. The molecule has 2 atom stereocenters. The first kappa shape index (κ1) is 15.0. The van der Waals surface area contributed by atoms with Crippen LogP contribution in [0.2, 0.25) is 0 Å². The van der Waals surface area contributed by atoms with Crippen molar-refractivity contribution < 1.29 is 5.11 Å². The van der Waals surface area contributed by atoms with Gasteiger partial charge >= 0.3 is 0 Å². The predicted molar refractivity (Wildman–Crippen MR) is 74.2 cm³/mol. The number of hydrogen-bond donors (Lipinski definition) is 1. The van der Waals surface area contributed by atoms with Crippen molar-refractivity contribution in [2.45, 2.75) is 71.3 Å². The lowest BCUT2D eigenvalue weighted by Gasteiger charge is -2.36. The van der Waals surface area contributed by atoms with Crippen molar-refractivity contribution in [3.8, 4) is 0 Å². The van der Waals surface area contributed by atoms with Gasteiger partial charge < -0.3 is 10.0 Å². The minimum absolute atomic E-state index is 0.345. The zero-order valence-corrected chi connectivity index (χ0v) is 11.8. The highest BCUT2D eigenvalue weighted by molar-refractivity contribution is 4.78. The van der Waals surface area contributed by atoms with Crippen LogP contribution in [0, 0.1) is 5.92 Å². The molecular formula is C15H31NO. The summed E-state index contributed by atoms with van der Waals surface area (Å²) >= 11 is 0. The van der Waals surface area contributed by atoms with E-state index in [1.54, 1.807) is 0 Å². The molecule has 2 heteroatoms. The molecule has 0 spiro atoms. The summed E-state index contributed by atoms with van der Waals surface area (Å²) in [7, 11) is 0. The lowest BCUT2D eigenvalue weighted by atomic mass is 9.87. The molecule has 2 unspecified atom stereocenters. The van der Waals surface area contributed by atoms with E-state index in [0.29, 0.717) is 6.61 Å². The van der Waals surface area contributed by atoms with Gasteiger partial charge in [0.1, 0.15) is 0 Å². The van der Waals surface area contributed by atoms with E-state index in [9.17, 15) is 0 Å².